The molecule has 4 nitrogen and oxygen atoms in total. The van der Waals surface area contributed by atoms with E-state index in [2.05, 4.69) is 21.2 Å². The Bertz CT molecular complexity index is 476. The number of piperidine rings is 1. The van der Waals surface area contributed by atoms with Gasteiger partial charge in [-0.1, -0.05) is 15.9 Å². The van der Waals surface area contributed by atoms with E-state index in [1.54, 1.807) is 0 Å². The quantitative estimate of drug-likeness (QED) is 0.829. The van der Waals surface area contributed by atoms with Crippen molar-refractivity contribution in [2.45, 2.75) is 18.9 Å². The zero-order valence-corrected chi connectivity index (χ0v) is 11.6. The number of hydrogen-bond acceptors (Lipinski definition) is 2. The van der Waals surface area contributed by atoms with E-state index in [0.29, 0.717) is 19.4 Å². The molecule has 19 heavy (non-hydrogen) atoms. The van der Waals surface area contributed by atoms with E-state index in [1.807, 2.05) is 0 Å². The van der Waals surface area contributed by atoms with E-state index in [1.165, 1.54) is 4.90 Å². The molecule has 104 valence electrons. The van der Waals surface area contributed by atoms with Crippen LogP contribution in [0.2, 0.25) is 0 Å². The van der Waals surface area contributed by atoms with Crippen molar-refractivity contribution >= 4 is 27.6 Å². The fourth-order valence-corrected chi connectivity index (χ4v) is 2.39. The van der Waals surface area contributed by atoms with Crippen molar-refractivity contribution in [2.24, 2.45) is 0 Å². The maximum absolute atomic E-state index is 13.6. The van der Waals surface area contributed by atoms with Gasteiger partial charge in [0.25, 0.3) is 0 Å². The van der Waals surface area contributed by atoms with E-state index in [-0.39, 0.29) is 11.0 Å². The monoisotopic (exact) mass is 334 g/mol. The fourth-order valence-electron chi connectivity index (χ4n) is 1.99. The van der Waals surface area contributed by atoms with Gasteiger partial charge in [-0.2, -0.15) is 0 Å². The zero-order valence-electron chi connectivity index (χ0n) is 10.00. The second kappa shape index (κ2) is 5.83. The molecule has 0 spiro atoms. The van der Waals surface area contributed by atoms with Gasteiger partial charge in [0.1, 0.15) is 5.69 Å². The summed E-state index contributed by atoms with van der Waals surface area (Å²) in [5.41, 5.74) is -0.478. The highest BCUT2D eigenvalue weighted by atomic mass is 79.9. The molecule has 1 aliphatic heterocycles. The predicted molar refractivity (Wildman–Crippen MR) is 69.9 cm³/mol. The lowest BCUT2D eigenvalue weighted by molar-refractivity contribution is 0.0883. The van der Waals surface area contributed by atoms with Gasteiger partial charge in [-0.25, -0.2) is 13.6 Å². The number of β-amino-alcohol motifs (C(OH)–C–C–N with tert-alkyl or cyclic N) is 1. The van der Waals surface area contributed by atoms with Crippen molar-refractivity contribution in [1.29, 1.82) is 0 Å². The molecule has 2 N–H and O–H groups in total. The normalized spacial score (nSPS) is 19.4. The minimum Gasteiger partial charge on any atom is -0.391 e. The molecule has 1 fully saturated rings. The van der Waals surface area contributed by atoms with Crippen molar-refractivity contribution in [3.05, 3.63) is 28.2 Å². The van der Waals surface area contributed by atoms with Crippen LogP contribution in [0.15, 0.2) is 16.6 Å². The number of carbonyl (C=O) groups is 1. The molecule has 1 heterocycles. The third-order valence-corrected chi connectivity index (χ3v) is 3.38. The van der Waals surface area contributed by atoms with Crippen LogP contribution in [-0.2, 0) is 0 Å². The number of likely N-dealkylation sites (tertiary alicyclic amines) is 1. The van der Waals surface area contributed by atoms with E-state index in [4.69, 9.17) is 0 Å². The third-order valence-electron chi connectivity index (χ3n) is 2.92. The largest absolute Gasteiger partial charge is 0.391 e. The second-order valence-electron chi connectivity index (χ2n) is 4.42. The van der Waals surface area contributed by atoms with Crippen molar-refractivity contribution < 1.29 is 18.7 Å². The van der Waals surface area contributed by atoms with Gasteiger partial charge < -0.3 is 15.3 Å². The molecule has 0 aliphatic carbocycles. The Labute approximate surface area is 117 Å². The first-order valence-electron chi connectivity index (χ1n) is 5.86. The number of rotatable bonds is 1. The summed E-state index contributed by atoms with van der Waals surface area (Å²) < 4.78 is 27.4. The fraction of sp³-hybridized carbons (Fsp3) is 0.417. The Morgan fingerprint density at radius 3 is 2.63 bits per heavy atom. The van der Waals surface area contributed by atoms with E-state index < -0.39 is 29.5 Å². The van der Waals surface area contributed by atoms with Crippen LogP contribution in [0, 0.1) is 11.6 Å². The Hall–Kier alpha value is -1.21. The lowest BCUT2D eigenvalue weighted by Gasteiger charge is -2.30. The maximum atomic E-state index is 13.6. The predicted octanol–water partition coefficient (Wildman–Crippen LogP) is 2.72. The van der Waals surface area contributed by atoms with Gasteiger partial charge >= 0.3 is 6.03 Å². The minimum absolute atomic E-state index is 0.172. The Kier molecular flexibility index (Phi) is 4.36. The molecule has 7 heteroatoms. The summed E-state index contributed by atoms with van der Waals surface area (Å²) >= 11 is 2.96. The van der Waals surface area contributed by atoms with Gasteiger partial charge in [0.15, 0.2) is 11.6 Å². The van der Waals surface area contributed by atoms with Crippen molar-refractivity contribution in [3.63, 3.8) is 0 Å². The average molecular weight is 335 g/mol. The highest BCUT2D eigenvalue weighted by molar-refractivity contribution is 9.10. The number of hydrogen-bond donors (Lipinski definition) is 2. The molecule has 0 bridgehead atoms. The Morgan fingerprint density at radius 2 is 2.05 bits per heavy atom. The van der Waals surface area contributed by atoms with Crippen LogP contribution in [0.3, 0.4) is 0 Å². The molecule has 0 radical (unpaired) electrons. The van der Waals surface area contributed by atoms with E-state index in [9.17, 15) is 18.7 Å². The summed E-state index contributed by atoms with van der Waals surface area (Å²) in [5.74, 6) is -1.70. The standard InChI is InChI=1S/C12H13BrF2N2O2/c13-7-4-9(14)11(10(15)5-7)16-12(19)17-3-1-2-8(18)6-17/h4-5,8,18H,1-3,6H2,(H,16,19). The highest BCUT2D eigenvalue weighted by Gasteiger charge is 2.23. The third kappa shape index (κ3) is 3.42. The van der Waals surface area contributed by atoms with Crippen molar-refractivity contribution in [2.75, 3.05) is 18.4 Å². The summed E-state index contributed by atoms with van der Waals surface area (Å²) in [7, 11) is 0. The van der Waals surface area contributed by atoms with Gasteiger partial charge in [-0.05, 0) is 25.0 Å². The summed E-state index contributed by atoms with van der Waals surface area (Å²) in [5, 5.41) is 11.7. The number of halogens is 3. The maximum Gasteiger partial charge on any atom is 0.322 e. The first-order chi connectivity index (χ1) is 8.97. The first kappa shape index (κ1) is 14.2. The molecule has 2 amide bonds. The van der Waals surface area contributed by atoms with Crippen molar-refractivity contribution in [3.8, 4) is 0 Å². The van der Waals surface area contributed by atoms with Crippen LogP contribution >= 0.6 is 15.9 Å². The van der Waals surface area contributed by atoms with Gasteiger partial charge in [0.2, 0.25) is 0 Å². The lowest BCUT2D eigenvalue weighted by Crippen LogP contribution is -2.44. The van der Waals surface area contributed by atoms with Crippen LogP contribution in [0.5, 0.6) is 0 Å². The van der Waals surface area contributed by atoms with Crippen molar-refractivity contribution in [1.82, 2.24) is 4.90 Å². The minimum atomic E-state index is -0.849. The molecule has 1 atom stereocenters. The van der Waals surface area contributed by atoms with Crippen LogP contribution in [0.1, 0.15) is 12.8 Å². The summed E-state index contributed by atoms with van der Waals surface area (Å²) in [6, 6.07) is 1.53. The lowest BCUT2D eigenvalue weighted by atomic mass is 10.1. The Balaban J connectivity index is 2.10. The summed E-state index contributed by atoms with van der Waals surface area (Å²) in [4.78, 5) is 13.2. The molecular weight excluding hydrogens is 322 g/mol. The first-order valence-corrected chi connectivity index (χ1v) is 6.65. The topological polar surface area (TPSA) is 52.6 Å². The molecule has 1 aromatic rings. The van der Waals surface area contributed by atoms with E-state index >= 15 is 0 Å². The van der Waals surface area contributed by atoms with Gasteiger partial charge in [-0.15, -0.1) is 0 Å². The number of urea groups is 1. The number of nitrogens with zero attached hydrogens (tertiary/aromatic N) is 1. The average Bonchev–Trinajstić information content (AvgIpc) is 2.33. The number of aliphatic hydroxyl groups is 1. The van der Waals surface area contributed by atoms with Crippen LogP contribution < -0.4 is 5.32 Å². The number of amides is 2. The van der Waals surface area contributed by atoms with Gasteiger partial charge in [0, 0.05) is 17.6 Å². The molecular formula is C12H13BrF2N2O2. The number of aliphatic hydroxyl groups excluding tert-OH is 1. The van der Waals surface area contributed by atoms with Crippen LogP contribution in [-0.4, -0.2) is 35.2 Å². The number of nitrogens with one attached hydrogen (secondary N) is 1. The molecule has 1 unspecified atom stereocenters. The smallest absolute Gasteiger partial charge is 0.322 e. The van der Waals surface area contributed by atoms with E-state index in [0.717, 1.165) is 12.1 Å². The van der Waals surface area contributed by atoms with Gasteiger partial charge in [-0.3, -0.25) is 0 Å². The van der Waals surface area contributed by atoms with Crippen LogP contribution in [0.25, 0.3) is 0 Å². The second-order valence-corrected chi connectivity index (χ2v) is 5.33. The molecule has 2 rings (SSSR count). The molecule has 1 saturated heterocycles. The number of benzene rings is 1. The molecule has 0 saturated carbocycles. The molecule has 0 aromatic heterocycles. The molecule has 1 aliphatic rings. The Morgan fingerprint density at radius 1 is 1.42 bits per heavy atom. The zero-order chi connectivity index (χ0) is 14.0. The summed E-state index contributed by atoms with van der Waals surface area (Å²) in [6.45, 7) is 0.633. The van der Waals surface area contributed by atoms with Gasteiger partial charge in [0.05, 0.1) is 6.10 Å². The summed E-state index contributed by atoms with van der Waals surface area (Å²) in [6.07, 6.45) is 0.712. The number of anilines is 1. The molecule has 1 aromatic carbocycles. The van der Waals surface area contributed by atoms with Crippen LogP contribution in [0.4, 0.5) is 19.3 Å². The highest BCUT2D eigenvalue weighted by Crippen LogP contribution is 2.24. The number of carbonyl (C=O) groups excluding carboxylic acids is 1. The SMILES string of the molecule is O=C(Nc1c(F)cc(Br)cc1F)N1CCCC(O)C1.